The monoisotopic (exact) mass is 413 g/mol. The van der Waals surface area contributed by atoms with Gasteiger partial charge in [-0.3, -0.25) is 9.59 Å². The fourth-order valence-corrected chi connectivity index (χ4v) is 3.66. The summed E-state index contributed by atoms with van der Waals surface area (Å²) in [5.41, 5.74) is 1.36. The van der Waals surface area contributed by atoms with Gasteiger partial charge in [0, 0.05) is 12.1 Å². The van der Waals surface area contributed by atoms with Crippen LogP contribution in [0, 0.1) is 0 Å². The number of benzene rings is 2. The standard InChI is InChI=1S/C21H23N3O4S/c1-3-27-16-9-5-14(6-10-16)22-19(25)13-18-20(26)24-21(29-18)23-15-7-11-17(12-8-15)28-4-2/h5-12,18H,3-4,13H2,1-2H3,(H,22,25)(H,23,24,26)/t18-/m1/s1. The number of ether oxygens (including phenoxy) is 2. The molecule has 29 heavy (non-hydrogen) atoms. The maximum atomic E-state index is 12.3. The van der Waals surface area contributed by atoms with E-state index in [0.717, 1.165) is 11.5 Å². The van der Waals surface area contributed by atoms with Gasteiger partial charge in [-0.1, -0.05) is 11.8 Å². The summed E-state index contributed by atoms with van der Waals surface area (Å²) in [5, 5.41) is 5.50. The highest BCUT2D eigenvalue weighted by molar-refractivity contribution is 8.15. The predicted molar refractivity (Wildman–Crippen MR) is 115 cm³/mol. The molecule has 2 amide bonds. The summed E-state index contributed by atoms with van der Waals surface area (Å²) in [6.45, 7) is 5.01. The van der Waals surface area contributed by atoms with Gasteiger partial charge in [0.1, 0.15) is 16.7 Å². The molecule has 0 saturated carbocycles. The molecule has 1 heterocycles. The number of nitrogens with zero attached hydrogens (tertiary/aromatic N) is 1. The van der Waals surface area contributed by atoms with E-state index < -0.39 is 5.25 Å². The topological polar surface area (TPSA) is 89.0 Å². The van der Waals surface area contributed by atoms with E-state index in [-0.39, 0.29) is 18.2 Å². The summed E-state index contributed by atoms with van der Waals surface area (Å²) in [4.78, 5) is 28.9. The second kappa shape index (κ2) is 9.97. The number of rotatable bonds is 8. The third kappa shape index (κ3) is 5.99. The van der Waals surface area contributed by atoms with Gasteiger partial charge in [-0.25, -0.2) is 4.99 Å². The lowest BCUT2D eigenvalue weighted by Crippen LogP contribution is -2.28. The second-order valence-corrected chi connectivity index (χ2v) is 7.34. The largest absolute Gasteiger partial charge is 0.494 e. The van der Waals surface area contributed by atoms with Gasteiger partial charge in [0.25, 0.3) is 0 Å². The zero-order valence-electron chi connectivity index (χ0n) is 16.3. The molecule has 0 aromatic heterocycles. The van der Waals surface area contributed by atoms with E-state index >= 15 is 0 Å². The van der Waals surface area contributed by atoms with E-state index in [4.69, 9.17) is 9.47 Å². The van der Waals surface area contributed by atoms with Crippen molar-refractivity contribution >= 4 is 40.1 Å². The Kier molecular flexibility index (Phi) is 7.13. The number of anilines is 1. The van der Waals surface area contributed by atoms with Crippen molar-refractivity contribution < 1.29 is 19.1 Å². The summed E-state index contributed by atoms with van der Waals surface area (Å²) >= 11 is 1.25. The van der Waals surface area contributed by atoms with Gasteiger partial charge in [-0.05, 0) is 62.4 Å². The van der Waals surface area contributed by atoms with E-state index in [1.165, 1.54) is 11.8 Å². The van der Waals surface area contributed by atoms with E-state index in [0.29, 0.717) is 29.8 Å². The summed E-state index contributed by atoms with van der Waals surface area (Å²) in [6, 6.07) is 14.4. The van der Waals surface area contributed by atoms with Crippen LogP contribution < -0.4 is 20.1 Å². The number of hydrogen-bond acceptors (Lipinski definition) is 6. The lowest BCUT2D eigenvalue weighted by Gasteiger charge is -2.08. The molecule has 1 atom stereocenters. The van der Waals surface area contributed by atoms with E-state index in [1.54, 1.807) is 24.3 Å². The molecule has 1 aliphatic heterocycles. The Balaban J connectivity index is 1.55. The molecular weight excluding hydrogens is 390 g/mol. The van der Waals surface area contributed by atoms with Crippen molar-refractivity contribution in [2.75, 3.05) is 18.5 Å². The van der Waals surface area contributed by atoms with Crippen molar-refractivity contribution in [1.82, 2.24) is 5.32 Å². The SMILES string of the molecule is CCOc1ccc(N=C2NC(=O)[C@@H](CC(=O)Nc3ccc(OCC)cc3)S2)cc1. The molecule has 1 aliphatic rings. The van der Waals surface area contributed by atoms with Crippen molar-refractivity contribution in [2.45, 2.75) is 25.5 Å². The van der Waals surface area contributed by atoms with Crippen LogP contribution in [-0.2, 0) is 9.59 Å². The van der Waals surface area contributed by atoms with Crippen LogP contribution >= 0.6 is 11.8 Å². The number of thioether (sulfide) groups is 1. The Morgan fingerprint density at radius 3 is 2.21 bits per heavy atom. The number of carbonyl (C=O) groups is 2. The summed E-state index contributed by atoms with van der Waals surface area (Å²) in [7, 11) is 0. The molecule has 1 saturated heterocycles. The molecule has 0 spiro atoms. The van der Waals surface area contributed by atoms with Gasteiger partial charge in [0.2, 0.25) is 11.8 Å². The van der Waals surface area contributed by atoms with Crippen LogP contribution in [0.5, 0.6) is 11.5 Å². The fraction of sp³-hybridized carbons (Fsp3) is 0.286. The number of carbonyl (C=O) groups excluding carboxylic acids is 2. The molecular formula is C21H23N3O4S. The Morgan fingerprint density at radius 2 is 1.62 bits per heavy atom. The van der Waals surface area contributed by atoms with E-state index in [1.807, 2.05) is 38.1 Å². The van der Waals surface area contributed by atoms with Crippen LogP contribution in [0.3, 0.4) is 0 Å². The van der Waals surface area contributed by atoms with Crippen molar-refractivity contribution in [3.05, 3.63) is 48.5 Å². The number of amides is 2. The summed E-state index contributed by atoms with van der Waals surface area (Å²) in [6.07, 6.45) is 0.0615. The Morgan fingerprint density at radius 1 is 1.03 bits per heavy atom. The number of nitrogens with one attached hydrogen (secondary N) is 2. The van der Waals surface area contributed by atoms with E-state index in [2.05, 4.69) is 15.6 Å². The molecule has 0 radical (unpaired) electrons. The first-order valence-corrected chi connectivity index (χ1v) is 10.3. The molecule has 7 nitrogen and oxygen atoms in total. The van der Waals surface area contributed by atoms with Gasteiger partial charge in [-0.2, -0.15) is 0 Å². The van der Waals surface area contributed by atoms with Crippen molar-refractivity contribution in [3.63, 3.8) is 0 Å². The molecule has 0 unspecified atom stereocenters. The second-order valence-electron chi connectivity index (χ2n) is 6.15. The first-order chi connectivity index (χ1) is 14.1. The molecule has 2 aromatic rings. The first kappa shape index (κ1) is 20.7. The molecule has 2 aromatic carbocycles. The summed E-state index contributed by atoms with van der Waals surface area (Å²) < 4.78 is 10.8. The van der Waals surface area contributed by atoms with Crippen LogP contribution in [0.2, 0.25) is 0 Å². The van der Waals surface area contributed by atoms with Crippen LogP contribution in [0.1, 0.15) is 20.3 Å². The van der Waals surface area contributed by atoms with Crippen LogP contribution in [0.25, 0.3) is 0 Å². The minimum absolute atomic E-state index is 0.0615. The molecule has 2 N–H and O–H groups in total. The molecule has 1 fully saturated rings. The molecule has 3 rings (SSSR count). The molecule has 0 bridgehead atoms. The Labute approximate surface area is 173 Å². The van der Waals surface area contributed by atoms with Gasteiger partial charge in [0.15, 0.2) is 5.17 Å². The highest BCUT2D eigenvalue weighted by atomic mass is 32.2. The third-order valence-corrected chi connectivity index (χ3v) is 5.06. The fourth-order valence-electron chi connectivity index (χ4n) is 2.67. The Bertz CT molecular complexity index is 882. The molecule has 152 valence electrons. The predicted octanol–water partition coefficient (Wildman–Crippen LogP) is 3.73. The smallest absolute Gasteiger partial charge is 0.240 e. The van der Waals surface area contributed by atoms with Crippen molar-refractivity contribution in [2.24, 2.45) is 4.99 Å². The van der Waals surface area contributed by atoms with Crippen molar-refractivity contribution in [3.8, 4) is 11.5 Å². The zero-order chi connectivity index (χ0) is 20.6. The number of amidine groups is 1. The Hall–Kier alpha value is -3.00. The highest BCUT2D eigenvalue weighted by Crippen LogP contribution is 2.26. The number of aliphatic imine (C=N–C) groups is 1. The summed E-state index contributed by atoms with van der Waals surface area (Å²) in [5.74, 6) is 1.06. The van der Waals surface area contributed by atoms with Crippen molar-refractivity contribution in [1.29, 1.82) is 0 Å². The van der Waals surface area contributed by atoms with Gasteiger partial charge in [0.05, 0.1) is 18.9 Å². The van der Waals surface area contributed by atoms with Crippen LogP contribution in [-0.4, -0.2) is 35.4 Å². The minimum atomic E-state index is -0.515. The average molecular weight is 413 g/mol. The maximum Gasteiger partial charge on any atom is 0.240 e. The quantitative estimate of drug-likeness (QED) is 0.688. The molecule has 0 aliphatic carbocycles. The minimum Gasteiger partial charge on any atom is -0.494 e. The zero-order valence-corrected chi connectivity index (χ0v) is 17.1. The van der Waals surface area contributed by atoms with Gasteiger partial charge in [-0.15, -0.1) is 0 Å². The third-order valence-electron chi connectivity index (χ3n) is 3.97. The average Bonchev–Trinajstić information content (AvgIpc) is 3.04. The maximum absolute atomic E-state index is 12.3. The van der Waals surface area contributed by atoms with Crippen LogP contribution in [0.15, 0.2) is 53.5 Å². The first-order valence-electron chi connectivity index (χ1n) is 9.39. The normalized spacial score (nSPS) is 17.1. The number of hydrogen-bond donors (Lipinski definition) is 2. The van der Waals surface area contributed by atoms with Crippen LogP contribution in [0.4, 0.5) is 11.4 Å². The van der Waals surface area contributed by atoms with E-state index in [9.17, 15) is 9.59 Å². The lowest BCUT2D eigenvalue weighted by molar-refractivity contribution is -0.122. The molecule has 8 heteroatoms. The highest BCUT2D eigenvalue weighted by Gasteiger charge is 2.32. The van der Waals surface area contributed by atoms with Gasteiger partial charge >= 0.3 is 0 Å². The van der Waals surface area contributed by atoms with Gasteiger partial charge < -0.3 is 20.1 Å². The lowest BCUT2D eigenvalue weighted by atomic mass is 10.2.